The number of hydrogen-bond donors (Lipinski definition) is 18. The van der Waals surface area contributed by atoms with Crippen LogP contribution >= 0.6 is 0 Å². The van der Waals surface area contributed by atoms with Gasteiger partial charge in [-0.25, -0.2) is 22.4 Å². The third-order valence-corrected chi connectivity index (χ3v) is 22.9. The van der Waals surface area contributed by atoms with E-state index in [0.717, 1.165) is 59.5 Å². The van der Waals surface area contributed by atoms with Gasteiger partial charge in [0.05, 0.1) is 31.3 Å². The number of hydrogen-bond acceptors (Lipinski definition) is 21. The second kappa shape index (κ2) is 54.7. The fourth-order valence-corrected chi connectivity index (χ4v) is 15.7. The summed E-state index contributed by atoms with van der Waals surface area (Å²) in [7, 11) is 1.14. The zero-order valence-electron chi connectivity index (χ0n) is 80.2. The summed E-state index contributed by atoms with van der Waals surface area (Å²) in [5.74, 6) is -22.8. The summed E-state index contributed by atoms with van der Waals surface area (Å²) in [6.07, 6.45) is -2.64. The van der Waals surface area contributed by atoms with Crippen molar-refractivity contribution in [3.63, 3.8) is 0 Å². The van der Waals surface area contributed by atoms with E-state index in [1.807, 2.05) is 51.1 Å². The number of nitrogens with two attached hydrogens (primary N) is 3. The van der Waals surface area contributed by atoms with E-state index < -0.39 is 291 Å². The first-order chi connectivity index (χ1) is 66.3. The second-order valence-corrected chi connectivity index (χ2v) is 36.3. The Kier molecular flexibility index (Phi) is 44.7. The molecular formula is C96H128F4N18O23. The van der Waals surface area contributed by atoms with Crippen LogP contribution < -0.4 is 70.4 Å². The Morgan fingerprint density at radius 1 is 0.418 bits per heavy atom. The van der Waals surface area contributed by atoms with Gasteiger partial charge in [0.2, 0.25) is 88.6 Å². The standard InChI is InChI=1S/C96H128F4N18O23/c1-54(86(132)111-72(47-83(130)131)92(138)113-70(45-75(102)121)89(135)104-37-20-39-117(80(126)52-119)84(95(4,5)6)73-41-59(63-43-61(97)28-30-65(63)99)50-115(73)48-57-21-13-11-14-22-57)106-77(123)26-19-27-78(124)108-67(25-17-18-36-101)90(136)107-55(2)93(139)114(10)56(3)87(133)112-71(46-76(103)122)91(137)110-68(88(134)105-38-34-79(125)109-69(94(140)141)32-33-82(128)129)35-40-118(81(127)53-120)85(96(7,8)9)74-42-60(64-44-62(98)29-31-66(64)100)51-116(74)49-58-23-15-12-16-24-58/h11-16,21-24,28-31,41-44,50-51,54-56,67-72,84-85,119-120H,17-20,25-27,32-40,45-49,52-53,101H2,1-10H3,(H2,102,121)(H2,103,122)(H,104,135)(H,105,134)(H,106,123)(H,107,136)(H,108,124)(H,109,125)(H,110,137)(H,111,132)(H,112,133)(H,113,138)(H,128,129)(H,130,131)(H,140,141)/t54?,55?,56?,67?,68?,69?,70-,71?,72?,84-,85-/m0/s1. The summed E-state index contributed by atoms with van der Waals surface area (Å²) in [6, 6.07) is 9.97. The average Bonchev–Trinajstić information content (AvgIpc) is 1.62. The number of unbranched alkanes of at least 4 members (excludes halogenated alkanes) is 1. The van der Waals surface area contributed by atoms with E-state index in [1.54, 1.807) is 78.7 Å². The molecule has 15 amide bonds. The Labute approximate surface area is 811 Å². The molecule has 0 saturated heterocycles. The van der Waals surface area contributed by atoms with Gasteiger partial charge in [0, 0.05) is 118 Å². The molecule has 41 nitrogen and oxygen atoms in total. The summed E-state index contributed by atoms with van der Waals surface area (Å²) in [5.41, 5.74) is 17.6. The fourth-order valence-electron chi connectivity index (χ4n) is 15.7. The first-order valence-electron chi connectivity index (χ1n) is 45.7. The van der Waals surface area contributed by atoms with Crippen LogP contribution in [0.3, 0.4) is 0 Å². The minimum absolute atomic E-state index is 0.0299. The number of carboxylic acids is 3. The number of benzene rings is 4. The van der Waals surface area contributed by atoms with Crippen LogP contribution in [0.4, 0.5) is 17.6 Å². The van der Waals surface area contributed by atoms with Gasteiger partial charge in [0.25, 0.3) is 0 Å². The lowest BCUT2D eigenvalue weighted by atomic mass is 9.82. The number of halogens is 4. The van der Waals surface area contributed by atoms with Crippen LogP contribution in [-0.2, 0) is 99.4 Å². The number of carboxylic acid groups (broad SMARTS) is 3. The molecule has 141 heavy (non-hydrogen) atoms. The number of carbonyl (C=O) groups excluding carboxylic acids is 15. The molecule has 11 atom stereocenters. The molecule has 768 valence electrons. The van der Waals surface area contributed by atoms with Crippen LogP contribution in [0.15, 0.2) is 122 Å². The number of aromatic nitrogens is 2. The number of primary amides is 2. The number of aliphatic hydroxyl groups excluding tert-OH is 2. The summed E-state index contributed by atoms with van der Waals surface area (Å²) in [6.45, 7) is 11.1. The molecule has 21 N–H and O–H groups in total. The lowest BCUT2D eigenvalue weighted by Crippen LogP contribution is -2.59. The maximum Gasteiger partial charge on any atom is 0.326 e. The van der Waals surface area contributed by atoms with Crippen molar-refractivity contribution in [2.75, 3.05) is 53.0 Å². The van der Waals surface area contributed by atoms with Crippen molar-refractivity contribution in [3.8, 4) is 22.3 Å². The number of aliphatic carboxylic acids is 3. The number of amides is 15. The third-order valence-electron chi connectivity index (χ3n) is 22.9. The number of aliphatic hydroxyl groups is 2. The Morgan fingerprint density at radius 2 is 0.844 bits per heavy atom. The molecular weight excluding hydrogens is 1850 g/mol. The largest absolute Gasteiger partial charge is 0.481 e. The van der Waals surface area contributed by atoms with Crippen molar-refractivity contribution in [2.45, 2.75) is 232 Å². The van der Waals surface area contributed by atoms with Crippen molar-refractivity contribution >= 4 is 107 Å². The quantitative estimate of drug-likeness (QED) is 0.0193. The number of nitrogens with zero attached hydrogens (tertiary/aromatic N) is 5. The Bertz CT molecular complexity index is 5420. The number of nitrogens with one attached hydrogen (secondary N) is 10. The smallest absolute Gasteiger partial charge is 0.326 e. The SMILES string of the molecule is CC(NC(=O)CCCC(=O)NC(CCCCN)C(=O)NC(C)C(=O)N(C)C(C)C(=O)NC(CC(N)=O)C(=O)NC(CCN(C(=O)CO)[C@@H](c1cc(-c2cc(F)ccc2F)cn1Cc1ccccc1)C(C)(C)C)C(=O)NCCC(=O)NC(CCC(=O)O)C(=O)O)C(=O)NC(CC(=O)O)C(=O)N[C@@H](CC(N)=O)C(=O)NCCCN(C(=O)CO)[C@@H](c1cc(-c2cc(F)ccc2F)cn1Cc1ccccc1)C(C)(C)C. The van der Waals surface area contributed by atoms with E-state index in [-0.39, 0.29) is 80.7 Å². The number of likely N-dealkylation sites (N-methyl/N-ethyl adjacent to an activating group) is 1. The Balaban J connectivity index is 1.09. The molecule has 0 fully saturated rings. The highest BCUT2D eigenvalue weighted by atomic mass is 19.1. The molecule has 0 aliphatic heterocycles. The number of rotatable bonds is 57. The number of carbonyl (C=O) groups is 18. The fraction of sp³-hybridized carbons (Fsp3) is 0.479. The van der Waals surface area contributed by atoms with Gasteiger partial charge in [-0.1, -0.05) is 102 Å². The molecule has 4 aromatic carbocycles. The maximum absolute atomic E-state index is 15.6. The van der Waals surface area contributed by atoms with E-state index in [4.69, 9.17) is 22.3 Å². The van der Waals surface area contributed by atoms with E-state index in [9.17, 15) is 116 Å². The highest BCUT2D eigenvalue weighted by molar-refractivity contribution is 6.00. The minimum Gasteiger partial charge on any atom is -0.481 e. The minimum atomic E-state index is -1.96. The van der Waals surface area contributed by atoms with Crippen LogP contribution in [-0.4, -0.2) is 263 Å². The van der Waals surface area contributed by atoms with Gasteiger partial charge in [0.15, 0.2) is 0 Å². The first-order valence-corrected chi connectivity index (χ1v) is 45.7. The molecule has 0 spiro atoms. The normalized spacial score (nSPS) is 13.7. The lowest BCUT2D eigenvalue weighted by molar-refractivity contribution is -0.143. The molecule has 0 bridgehead atoms. The maximum atomic E-state index is 15.6. The predicted molar refractivity (Wildman–Crippen MR) is 503 cm³/mol. The molecule has 6 rings (SSSR count). The summed E-state index contributed by atoms with van der Waals surface area (Å²) in [4.78, 5) is 245. The van der Waals surface area contributed by atoms with Gasteiger partial charge in [-0.05, 0) is 143 Å². The van der Waals surface area contributed by atoms with Crippen LogP contribution in [0, 0.1) is 34.1 Å². The van der Waals surface area contributed by atoms with E-state index >= 15 is 8.78 Å². The molecule has 2 aromatic heterocycles. The van der Waals surface area contributed by atoms with Crippen LogP contribution in [0.25, 0.3) is 22.3 Å². The molecule has 6 aromatic rings. The molecule has 0 saturated carbocycles. The topological polar surface area (TPSA) is 626 Å². The van der Waals surface area contributed by atoms with Gasteiger partial charge in [-0.15, -0.1) is 0 Å². The van der Waals surface area contributed by atoms with Crippen molar-refractivity contribution in [3.05, 3.63) is 167 Å². The highest BCUT2D eigenvalue weighted by Crippen LogP contribution is 2.44. The summed E-state index contributed by atoms with van der Waals surface area (Å²) >= 11 is 0. The van der Waals surface area contributed by atoms with Gasteiger partial charge in [-0.3, -0.25) is 81.5 Å². The Morgan fingerprint density at radius 3 is 1.31 bits per heavy atom. The molecule has 0 radical (unpaired) electrons. The van der Waals surface area contributed by atoms with E-state index in [2.05, 4.69) is 53.2 Å². The van der Waals surface area contributed by atoms with Crippen molar-refractivity contribution in [2.24, 2.45) is 28.0 Å². The van der Waals surface area contributed by atoms with Crippen molar-refractivity contribution < 1.29 is 129 Å². The van der Waals surface area contributed by atoms with Crippen LogP contribution in [0.1, 0.15) is 187 Å². The summed E-state index contributed by atoms with van der Waals surface area (Å²) < 4.78 is 63.9. The molecule has 2 heterocycles. The summed E-state index contributed by atoms with van der Waals surface area (Å²) in [5, 5.41) is 73.5. The second-order valence-electron chi connectivity index (χ2n) is 36.3. The zero-order chi connectivity index (χ0) is 105. The highest BCUT2D eigenvalue weighted by Gasteiger charge is 2.42. The first kappa shape index (κ1) is 115. The lowest BCUT2D eigenvalue weighted by Gasteiger charge is -2.41. The zero-order valence-corrected chi connectivity index (χ0v) is 80.2. The molecule has 0 aliphatic carbocycles. The Hall–Kier alpha value is -14.5. The van der Waals surface area contributed by atoms with E-state index in [1.165, 1.54) is 36.6 Å². The van der Waals surface area contributed by atoms with Crippen LogP contribution in [0.2, 0.25) is 0 Å². The molecule has 0 aliphatic rings. The van der Waals surface area contributed by atoms with Gasteiger partial charge in [0.1, 0.15) is 90.9 Å². The third kappa shape index (κ3) is 36.3. The predicted octanol–water partition coefficient (Wildman–Crippen LogP) is 2.43. The molecule has 8 unspecified atom stereocenters. The van der Waals surface area contributed by atoms with Gasteiger partial charge < -0.3 is 120 Å². The van der Waals surface area contributed by atoms with Crippen molar-refractivity contribution in [1.82, 2.24) is 77.0 Å². The van der Waals surface area contributed by atoms with Gasteiger partial charge >= 0.3 is 17.9 Å². The average molecular weight is 1980 g/mol. The monoisotopic (exact) mass is 1980 g/mol. The molecule has 45 heteroatoms. The van der Waals surface area contributed by atoms with Crippen LogP contribution in [0.5, 0.6) is 0 Å². The van der Waals surface area contributed by atoms with Crippen molar-refractivity contribution in [1.29, 1.82) is 0 Å². The van der Waals surface area contributed by atoms with Gasteiger partial charge in [-0.2, -0.15) is 0 Å². The van der Waals surface area contributed by atoms with E-state index in [0.29, 0.717) is 17.8 Å².